The van der Waals surface area contributed by atoms with Crippen molar-refractivity contribution in [3.8, 4) is 11.3 Å². The highest BCUT2D eigenvalue weighted by Gasteiger charge is 2.10. The van der Waals surface area contributed by atoms with Crippen LogP contribution < -0.4 is 5.32 Å². The summed E-state index contributed by atoms with van der Waals surface area (Å²) in [6.07, 6.45) is 7.47. The number of imidazole rings is 1. The molecule has 0 atom stereocenters. The van der Waals surface area contributed by atoms with Crippen molar-refractivity contribution in [3.63, 3.8) is 0 Å². The van der Waals surface area contributed by atoms with Crippen molar-refractivity contribution >= 4 is 23.3 Å². The number of nitrogens with one attached hydrogen (secondary N) is 1. The fourth-order valence-corrected chi connectivity index (χ4v) is 2.69. The maximum absolute atomic E-state index is 11.6. The number of thioether (sulfide) groups is 1. The number of amides is 1. The van der Waals surface area contributed by atoms with Crippen molar-refractivity contribution in [2.45, 2.75) is 5.03 Å². The molecule has 0 bridgehead atoms. The van der Waals surface area contributed by atoms with Crippen LogP contribution in [0.25, 0.3) is 16.9 Å². The Hall–Kier alpha value is -2.34. The number of rotatable bonds is 3. The van der Waals surface area contributed by atoms with Gasteiger partial charge in [-0.3, -0.25) is 9.20 Å². The number of aromatic nitrogens is 3. The lowest BCUT2D eigenvalue weighted by Crippen LogP contribution is -2.17. The summed E-state index contributed by atoms with van der Waals surface area (Å²) in [4.78, 5) is 20.3. The van der Waals surface area contributed by atoms with Crippen molar-refractivity contribution in [3.05, 3.63) is 48.4 Å². The maximum Gasteiger partial charge on any atom is 0.251 e. The van der Waals surface area contributed by atoms with Crippen molar-refractivity contribution < 1.29 is 4.79 Å². The largest absolute Gasteiger partial charge is 0.355 e. The summed E-state index contributed by atoms with van der Waals surface area (Å²) in [5.41, 5.74) is 3.47. The zero-order chi connectivity index (χ0) is 14.8. The van der Waals surface area contributed by atoms with E-state index in [0.717, 1.165) is 21.9 Å². The fourth-order valence-electron chi connectivity index (χ4n) is 2.19. The Bertz CT molecular complexity index is 795. The van der Waals surface area contributed by atoms with Gasteiger partial charge in [0.15, 0.2) is 5.65 Å². The van der Waals surface area contributed by atoms with E-state index in [0.29, 0.717) is 5.56 Å². The Morgan fingerprint density at radius 2 is 2.00 bits per heavy atom. The second-order valence-corrected chi connectivity index (χ2v) is 5.22. The van der Waals surface area contributed by atoms with Gasteiger partial charge in [0, 0.05) is 30.6 Å². The van der Waals surface area contributed by atoms with Gasteiger partial charge in [-0.1, -0.05) is 12.1 Å². The third kappa shape index (κ3) is 2.38. The fraction of sp³-hybridized carbons (Fsp3) is 0.133. The molecule has 5 nitrogen and oxygen atoms in total. The van der Waals surface area contributed by atoms with E-state index >= 15 is 0 Å². The SMILES string of the molecule is CNC(=O)c1ccc(-c2cnc3c(SC)nccn23)cc1. The predicted molar refractivity (Wildman–Crippen MR) is 83.6 cm³/mol. The number of benzene rings is 1. The smallest absolute Gasteiger partial charge is 0.251 e. The minimum absolute atomic E-state index is 0.0893. The highest BCUT2D eigenvalue weighted by molar-refractivity contribution is 7.98. The van der Waals surface area contributed by atoms with Crippen LogP contribution in [0.3, 0.4) is 0 Å². The molecule has 0 aliphatic rings. The van der Waals surface area contributed by atoms with Gasteiger partial charge in [-0.15, -0.1) is 11.8 Å². The van der Waals surface area contributed by atoms with Crippen LogP contribution in [-0.4, -0.2) is 33.6 Å². The van der Waals surface area contributed by atoms with E-state index in [-0.39, 0.29) is 5.91 Å². The summed E-state index contributed by atoms with van der Waals surface area (Å²) in [5, 5.41) is 3.51. The van der Waals surface area contributed by atoms with Gasteiger partial charge in [0.2, 0.25) is 0 Å². The number of carbonyl (C=O) groups is 1. The Kier molecular flexibility index (Phi) is 3.62. The first-order valence-electron chi connectivity index (χ1n) is 6.43. The number of hydrogen-bond acceptors (Lipinski definition) is 4. The molecule has 1 aromatic carbocycles. The van der Waals surface area contributed by atoms with Gasteiger partial charge in [0.25, 0.3) is 5.91 Å². The molecule has 0 fully saturated rings. The summed E-state index contributed by atoms with van der Waals surface area (Å²) in [6.45, 7) is 0. The molecule has 0 radical (unpaired) electrons. The van der Waals surface area contributed by atoms with Crippen molar-refractivity contribution in [1.29, 1.82) is 0 Å². The number of hydrogen-bond donors (Lipinski definition) is 1. The second kappa shape index (κ2) is 5.57. The molecule has 1 amide bonds. The number of nitrogens with zero attached hydrogens (tertiary/aromatic N) is 3. The van der Waals surface area contributed by atoms with Crippen molar-refractivity contribution in [1.82, 2.24) is 19.7 Å². The molecule has 106 valence electrons. The van der Waals surface area contributed by atoms with Crippen LogP contribution in [0.2, 0.25) is 0 Å². The van der Waals surface area contributed by atoms with Crippen LogP contribution in [0.1, 0.15) is 10.4 Å². The van der Waals surface area contributed by atoms with Gasteiger partial charge in [-0.2, -0.15) is 0 Å². The molecule has 0 saturated heterocycles. The molecule has 2 heterocycles. The van der Waals surface area contributed by atoms with E-state index in [1.54, 1.807) is 25.0 Å². The summed E-state index contributed by atoms with van der Waals surface area (Å²) < 4.78 is 2.01. The van der Waals surface area contributed by atoms with Crippen LogP contribution in [0.5, 0.6) is 0 Å². The Morgan fingerprint density at radius 3 is 2.67 bits per heavy atom. The summed E-state index contributed by atoms with van der Waals surface area (Å²) in [7, 11) is 1.62. The van der Waals surface area contributed by atoms with Crippen molar-refractivity contribution in [2.24, 2.45) is 0 Å². The summed E-state index contributed by atoms with van der Waals surface area (Å²) in [5.74, 6) is -0.0893. The molecule has 0 unspecified atom stereocenters. The Morgan fingerprint density at radius 1 is 1.24 bits per heavy atom. The highest BCUT2D eigenvalue weighted by atomic mass is 32.2. The quantitative estimate of drug-likeness (QED) is 0.755. The zero-order valence-electron chi connectivity index (χ0n) is 11.7. The molecule has 3 aromatic rings. The van der Waals surface area contributed by atoms with E-state index in [9.17, 15) is 4.79 Å². The third-order valence-corrected chi connectivity index (χ3v) is 3.93. The topological polar surface area (TPSA) is 59.3 Å². The molecule has 21 heavy (non-hydrogen) atoms. The van der Waals surface area contributed by atoms with Crippen LogP contribution in [0, 0.1) is 0 Å². The lowest BCUT2D eigenvalue weighted by Gasteiger charge is -2.05. The van der Waals surface area contributed by atoms with E-state index < -0.39 is 0 Å². The molecule has 0 spiro atoms. The molecule has 1 N–H and O–H groups in total. The number of fused-ring (bicyclic) bond motifs is 1. The van der Waals surface area contributed by atoms with E-state index in [2.05, 4.69) is 15.3 Å². The normalized spacial score (nSPS) is 10.8. The first kappa shape index (κ1) is 13.6. The molecule has 2 aromatic heterocycles. The average Bonchev–Trinajstić information content (AvgIpc) is 2.98. The second-order valence-electron chi connectivity index (χ2n) is 4.43. The lowest BCUT2D eigenvalue weighted by molar-refractivity contribution is 0.0963. The molecule has 3 rings (SSSR count). The number of carbonyl (C=O) groups excluding carboxylic acids is 1. The molecular formula is C15H14N4OS. The van der Waals surface area contributed by atoms with Gasteiger partial charge in [-0.25, -0.2) is 9.97 Å². The Labute approximate surface area is 126 Å². The van der Waals surface area contributed by atoms with E-state index in [1.165, 1.54) is 0 Å². The molecule has 0 saturated carbocycles. The lowest BCUT2D eigenvalue weighted by atomic mass is 10.1. The van der Waals surface area contributed by atoms with Gasteiger partial charge < -0.3 is 5.32 Å². The van der Waals surface area contributed by atoms with Crippen LogP contribution in [0.15, 0.2) is 47.9 Å². The van der Waals surface area contributed by atoms with Crippen LogP contribution >= 0.6 is 11.8 Å². The first-order chi connectivity index (χ1) is 10.2. The van der Waals surface area contributed by atoms with Gasteiger partial charge in [0.05, 0.1) is 11.9 Å². The minimum Gasteiger partial charge on any atom is -0.355 e. The maximum atomic E-state index is 11.6. The standard InChI is InChI=1S/C15H14N4OS/c1-16-14(20)11-5-3-10(4-6-11)12-9-18-13-15(21-2)17-7-8-19(12)13/h3-9H,1-2H3,(H,16,20). The van der Waals surface area contributed by atoms with Crippen LogP contribution in [-0.2, 0) is 0 Å². The van der Waals surface area contributed by atoms with Gasteiger partial charge >= 0.3 is 0 Å². The summed E-state index contributed by atoms with van der Waals surface area (Å²) >= 11 is 1.57. The van der Waals surface area contributed by atoms with Crippen molar-refractivity contribution in [2.75, 3.05) is 13.3 Å². The molecule has 0 aliphatic carbocycles. The average molecular weight is 298 g/mol. The van der Waals surface area contributed by atoms with E-state index in [4.69, 9.17) is 0 Å². The Balaban J connectivity index is 2.06. The highest BCUT2D eigenvalue weighted by Crippen LogP contribution is 2.25. The van der Waals surface area contributed by atoms with Crippen LogP contribution in [0.4, 0.5) is 0 Å². The van der Waals surface area contributed by atoms with Gasteiger partial charge in [-0.05, 0) is 18.4 Å². The molecular weight excluding hydrogens is 284 g/mol. The first-order valence-corrected chi connectivity index (χ1v) is 7.65. The van der Waals surface area contributed by atoms with E-state index in [1.807, 2.05) is 47.3 Å². The zero-order valence-corrected chi connectivity index (χ0v) is 12.5. The molecule has 0 aliphatic heterocycles. The summed E-state index contributed by atoms with van der Waals surface area (Å²) in [6, 6.07) is 7.47. The third-order valence-electron chi connectivity index (χ3n) is 3.26. The minimum atomic E-state index is -0.0893. The molecule has 6 heteroatoms. The monoisotopic (exact) mass is 298 g/mol. The predicted octanol–water partition coefficient (Wildman–Crippen LogP) is 2.48. The van der Waals surface area contributed by atoms with Gasteiger partial charge in [0.1, 0.15) is 5.03 Å².